The Morgan fingerprint density at radius 1 is 1.17 bits per heavy atom. The second-order valence-corrected chi connectivity index (χ2v) is 9.21. The Hall–Kier alpha value is -4.42. The maximum Gasteiger partial charge on any atom is 0.349 e. The molecule has 0 N–H and O–H groups in total. The molecule has 0 aliphatic carbocycles. The van der Waals surface area contributed by atoms with Crippen molar-refractivity contribution in [1.29, 1.82) is 0 Å². The second-order valence-electron chi connectivity index (χ2n) is 7.11. The first-order valence-corrected chi connectivity index (χ1v) is 11.7. The number of benzene rings is 2. The first-order chi connectivity index (χ1) is 16.9. The number of thiazole rings is 1. The lowest BCUT2D eigenvalue weighted by atomic mass is 10.2. The molecule has 0 fully saturated rings. The fraction of sp³-hybridized carbons (Fsp3) is 0.0435. The number of carbonyl (C=O) groups excluding carboxylic acids is 1. The molecule has 3 heterocycles. The number of nitrogens with zero attached hydrogens (tertiary/aromatic N) is 4. The molecule has 3 aromatic heterocycles. The summed E-state index contributed by atoms with van der Waals surface area (Å²) in [5, 5.41) is 17.0. The summed E-state index contributed by atoms with van der Waals surface area (Å²) in [5.41, 5.74) is -0.0866. The first kappa shape index (κ1) is 22.4. The van der Waals surface area contributed by atoms with Gasteiger partial charge >= 0.3 is 10.6 Å². The van der Waals surface area contributed by atoms with Crippen molar-refractivity contribution in [3.63, 3.8) is 0 Å². The van der Waals surface area contributed by atoms with Gasteiger partial charge in [-0.2, -0.15) is 10.1 Å². The number of anilines is 1. The highest BCUT2D eigenvalue weighted by molar-refractivity contribution is 7.22. The molecular weight excluding hydrogens is 492 g/mol. The van der Waals surface area contributed by atoms with Gasteiger partial charge in [-0.25, -0.2) is 9.78 Å². The Labute approximate surface area is 204 Å². The van der Waals surface area contributed by atoms with E-state index in [1.165, 1.54) is 35.8 Å². The molecule has 35 heavy (non-hydrogen) atoms. The number of para-hydroxylation sites is 1. The molecule has 0 radical (unpaired) electrons. The summed E-state index contributed by atoms with van der Waals surface area (Å²) < 4.78 is 11.3. The van der Waals surface area contributed by atoms with Crippen molar-refractivity contribution >= 4 is 66.1 Å². The molecule has 0 unspecified atom stereocenters. The molecule has 0 saturated carbocycles. The predicted molar refractivity (Wildman–Crippen MR) is 134 cm³/mol. The SMILES string of the molecule is COc1ccc2nc(N(/N=C/c3ccc([N+](=O)[O-])s3)C(=O)c3cc4ccccc4oc3=O)sc2c1. The highest BCUT2D eigenvalue weighted by atomic mass is 32.1. The monoisotopic (exact) mass is 506 g/mol. The molecule has 2 aromatic carbocycles. The van der Waals surface area contributed by atoms with Crippen LogP contribution in [0.4, 0.5) is 10.1 Å². The normalized spacial score (nSPS) is 11.3. The summed E-state index contributed by atoms with van der Waals surface area (Å²) in [5.74, 6) is -0.132. The Balaban J connectivity index is 1.60. The molecule has 0 aliphatic heterocycles. The lowest BCUT2D eigenvalue weighted by Gasteiger charge is -2.13. The number of methoxy groups -OCH3 is 1. The number of hydrazone groups is 1. The van der Waals surface area contributed by atoms with E-state index in [4.69, 9.17) is 9.15 Å². The number of nitro groups is 1. The zero-order valence-corrected chi connectivity index (χ0v) is 19.5. The van der Waals surface area contributed by atoms with Gasteiger partial charge in [0, 0.05) is 11.5 Å². The summed E-state index contributed by atoms with van der Waals surface area (Å²) in [6.07, 6.45) is 1.31. The van der Waals surface area contributed by atoms with E-state index in [1.54, 1.807) is 49.6 Å². The summed E-state index contributed by atoms with van der Waals surface area (Å²) in [6.45, 7) is 0. The Bertz CT molecular complexity index is 1690. The van der Waals surface area contributed by atoms with Crippen LogP contribution in [0.1, 0.15) is 15.2 Å². The van der Waals surface area contributed by atoms with Gasteiger partial charge in [0.1, 0.15) is 16.9 Å². The summed E-state index contributed by atoms with van der Waals surface area (Å²) >= 11 is 2.08. The van der Waals surface area contributed by atoms with Gasteiger partial charge in [0.05, 0.1) is 33.3 Å². The summed E-state index contributed by atoms with van der Waals surface area (Å²) in [7, 11) is 1.54. The van der Waals surface area contributed by atoms with Crippen LogP contribution in [0.3, 0.4) is 0 Å². The van der Waals surface area contributed by atoms with E-state index in [9.17, 15) is 19.7 Å². The van der Waals surface area contributed by atoms with Crippen LogP contribution in [-0.4, -0.2) is 29.1 Å². The summed E-state index contributed by atoms with van der Waals surface area (Å²) in [6, 6.07) is 16.4. The van der Waals surface area contributed by atoms with Crippen molar-refractivity contribution in [2.24, 2.45) is 5.10 Å². The Morgan fingerprint density at radius 2 is 2.00 bits per heavy atom. The fourth-order valence-electron chi connectivity index (χ4n) is 3.25. The van der Waals surface area contributed by atoms with E-state index >= 15 is 0 Å². The van der Waals surface area contributed by atoms with E-state index in [1.807, 2.05) is 0 Å². The third-order valence-corrected chi connectivity index (χ3v) is 6.89. The first-order valence-electron chi connectivity index (χ1n) is 10.0. The van der Waals surface area contributed by atoms with Crippen molar-refractivity contribution in [1.82, 2.24) is 4.98 Å². The molecule has 1 amide bonds. The van der Waals surface area contributed by atoms with Crippen molar-refractivity contribution in [2.45, 2.75) is 0 Å². The number of rotatable bonds is 6. The fourth-order valence-corrected chi connectivity index (χ4v) is 4.89. The number of fused-ring (bicyclic) bond motifs is 2. The topological polar surface area (TPSA) is 128 Å². The molecule has 10 nitrogen and oxygen atoms in total. The average molecular weight is 507 g/mol. The van der Waals surface area contributed by atoms with Crippen LogP contribution in [-0.2, 0) is 0 Å². The zero-order valence-electron chi connectivity index (χ0n) is 17.9. The van der Waals surface area contributed by atoms with Crippen molar-refractivity contribution in [3.05, 3.63) is 91.6 Å². The molecule has 5 aromatic rings. The quantitative estimate of drug-likeness (QED) is 0.136. The minimum absolute atomic E-state index is 0.0633. The van der Waals surface area contributed by atoms with Gasteiger partial charge in [-0.05, 0) is 36.4 Å². The average Bonchev–Trinajstić information content (AvgIpc) is 3.50. The van der Waals surface area contributed by atoms with E-state index in [-0.39, 0.29) is 15.7 Å². The van der Waals surface area contributed by atoms with Gasteiger partial charge in [-0.15, -0.1) is 0 Å². The van der Waals surface area contributed by atoms with Gasteiger partial charge in [-0.1, -0.05) is 40.9 Å². The molecule has 12 heteroatoms. The van der Waals surface area contributed by atoms with Crippen LogP contribution in [0.15, 0.2) is 75.0 Å². The maximum absolute atomic E-state index is 13.5. The summed E-state index contributed by atoms with van der Waals surface area (Å²) in [4.78, 5) is 41.6. The lowest BCUT2D eigenvalue weighted by molar-refractivity contribution is -0.380. The van der Waals surface area contributed by atoms with Crippen LogP contribution in [0.5, 0.6) is 5.75 Å². The van der Waals surface area contributed by atoms with Crippen LogP contribution < -0.4 is 15.4 Å². The van der Waals surface area contributed by atoms with Crippen molar-refractivity contribution in [3.8, 4) is 5.75 Å². The van der Waals surface area contributed by atoms with Gasteiger partial charge in [0.25, 0.3) is 5.91 Å². The van der Waals surface area contributed by atoms with Crippen molar-refractivity contribution < 1.29 is 18.9 Å². The molecule has 174 valence electrons. The van der Waals surface area contributed by atoms with Gasteiger partial charge in [-0.3, -0.25) is 14.9 Å². The van der Waals surface area contributed by atoms with E-state index in [0.717, 1.165) is 21.0 Å². The van der Waals surface area contributed by atoms with Gasteiger partial charge in [0.15, 0.2) is 0 Å². The molecule has 0 atom stereocenters. The van der Waals surface area contributed by atoms with E-state index in [0.29, 0.717) is 27.1 Å². The molecule has 0 spiro atoms. The highest BCUT2D eigenvalue weighted by Gasteiger charge is 2.25. The number of amides is 1. The number of hydrogen-bond acceptors (Lipinski definition) is 10. The number of carbonyl (C=O) groups is 1. The third-order valence-electron chi connectivity index (χ3n) is 4.92. The van der Waals surface area contributed by atoms with E-state index in [2.05, 4.69) is 10.1 Å². The standard InChI is InChI=1S/C23H14N4O6S2/c1-32-14-6-8-17-19(11-14)35-23(25-17)26(24-12-15-7-9-20(34-15)27(30)31)21(28)16-10-13-4-2-3-5-18(13)33-22(16)29/h2-12H,1H3/b24-12+. The maximum atomic E-state index is 13.5. The third kappa shape index (κ3) is 4.39. The highest BCUT2D eigenvalue weighted by Crippen LogP contribution is 2.32. The smallest absolute Gasteiger partial charge is 0.349 e. The second kappa shape index (κ2) is 9.08. The minimum atomic E-state index is -0.816. The molecule has 0 aliphatic rings. The zero-order chi connectivity index (χ0) is 24.5. The van der Waals surface area contributed by atoms with Crippen LogP contribution in [0.2, 0.25) is 0 Å². The predicted octanol–water partition coefficient (Wildman–Crippen LogP) is 5.06. The number of aromatic nitrogens is 1. The minimum Gasteiger partial charge on any atom is -0.497 e. The molecule has 5 rings (SSSR count). The van der Waals surface area contributed by atoms with E-state index < -0.39 is 16.5 Å². The molecule has 0 saturated heterocycles. The molecular formula is C23H14N4O6S2. The number of ether oxygens (including phenoxy) is 1. The van der Waals surface area contributed by atoms with Gasteiger partial charge in [0.2, 0.25) is 5.13 Å². The number of thiophene rings is 1. The lowest BCUT2D eigenvalue weighted by Crippen LogP contribution is -2.30. The Morgan fingerprint density at radius 3 is 2.77 bits per heavy atom. The largest absolute Gasteiger partial charge is 0.497 e. The van der Waals surface area contributed by atoms with Gasteiger partial charge < -0.3 is 9.15 Å². The van der Waals surface area contributed by atoms with Crippen LogP contribution >= 0.6 is 22.7 Å². The molecule has 0 bridgehead atoms. The Kier molecular flexibility index (Phi) is 5.81. The van der Waals surface area contributed by atoms with Crippen molar-refractivity contribution in [2.75, 3.05) is 12.1 Å². The van der Waals surface area contributed by atoms with Crippen LogP contribution in [0.25, 0.3) is 21.2 Å². The number of hydrogen-bond donors (Lipinski definition) is 0. The van der Waals surface area contributed by atoms with Crippen LogP contribution in [0, 0.1) is 10.1 Å².